The van der Waals surface area contributed by atoms with Crippen molar-refractivity contribution in [2.45, 2.75) is 41.0 Å². The molecule has 1 aromatic carbocycles. The van der Waals surface area contributed by atoms with Crippen LogP contribution in [0.15, 0.2) is 64.3 Å². The number of allylic oxidation sites excluding steroid dienone is 8. The highest BCUT2D eigenvalue weighted by Gasteiger charge is 2.37. The molecule has 0 saturated heterocycles. The Morgan fingerprint density at radius 3 is 2.19 bits per heavy atom. The van der Waals surface area contributed by atoms with Crippen molar-refractivity contribution < 1.29 is 0 Å². The van der Waals surface area contributed by atoms with Crippen LogP contribution in [0, 0.1) is 11.5 Å². The average molecular weight is 275 g/mol. The van der Waals surface area contributed by atoms with Crippen LogP contribution in [0.2, 0.25) is 0 Å². The highest BCUT2D eigenvalue weighted by Crippen LogP contribution is 2.52. The molecular weight excluding hydrogens is 252 g/mol. The summed E-state index contributed by atoms with van der Waals surface area (Å²) in [4.78, 5) is 0. The Morgan fingerprint density at radius 2 is 1.62 bits per heavy atom. The molecule has 3 rings (SSSR count). The van der Waals surface area contributed by atoms with E-state index >= 15 is 0 Å². The minimum Gasteiger partial charge on any atom is -0.0719 e. The second-order valence-corrected chi connectivity index (χ2v) is 6.61. The van der Waals surface area contributed by atoms with Crippen LogP contribution in [0.4, 0.5) is 0 Å². The number of hydrogen-bond donors (Lipinski definition) is 0. The summed E-state index contributed by atoms with van der Waals surface area (Å²) in [6.07, 6.45) is 6.82. The van der Waals surface area contributed by atoms with Gasteiger partial charge in [-0.1, -0.05) is 55.8 Å². The lowest BCUT2D eigenvalue weighted by Gasteiger charge is -2.28. The summed E-state index contributed by atoms with van der Waals surface area (Å²) in [6, 6.07) is 10.7. The van der Waals surface area contributed by atoms with Crippen molar-refractivity contribution in [3.63, 3.8) is 0 Å². The van der Waals surface area contributed by atoms with Gasteiger partial charge in [-0.2, -0.15) is 0 Å². The third kappa shape index (κ3) is 2.05. The highest BCUT2D eigenvalue weighted by atomic mass is 14.4. The van der Waals surface area contributed by atoms with E-state index < -0.39 is 0 Å². The SMILES string of the molecule is CC1=C(C)C(C)(C)C(C2=CC[C]=C2c2ccccc2)=C1C. The molecule has 107 valence electrons. The van der Waals surface area contributed by atoms with Crippen LogP contribution in [0.25, 0.3) is 5.57 Å². The van der Waals surface area contributed by atoms with Crippen molar-refractivity contribution in [2.75, 3.05) is 0 Å². The van der Waals surface area contributed by atoms with E-state index in [1.54, 1.807) is 0 Å². The van der Waals surface area contributed by atoms with Crippen LogP contribution in [0.3, 0.4) is 0 Å². The standard InChI is InChI=1S/C21H23/c1-14-15(2)20(21(4,5)16(14)3)19-13-9-12-18(19)17-10-7-6-8-11-17/h6-8,10-11,13H,9H2,1-5H3. The van der Waals surface area contributed by atoms with Crippen molar-refractivity contribution >= 4 is 5.57 Å². The molecule has 0 nitrogen and oxygen atoms in total. The van der Waals surface area contributed by atoms with Crippen LogP contribution in [-0.4, -0.2) is 0 Å². The van der Waals surface area contributed by atoms with Gasteiger partial charge in [0.15, 0.2) is 0 Å². The first-order valence-electron chi connectivity index (χ1n) is 7.71. The maximum Gasteiger partial charge on any atom is 0.0117 e. The lowest BCUT2D eigenvalue weighted by atomic mass is 9.75. The van der Waals surface area contributed by atoms with Gasteiger partial charge in [-0.3, -0.25) is 0 Å². The summed E-state index contributed by atoms with van der Waals surface area (Å²) >= 11 is 0. The fourth-order valence-corrected chi connectivity index (χ4v) is 3.67. The Morgan fingerprint density at radius 1 is 0.952 bits per heavy atom. The van der Waals surface area contributed by atoms with E-state index in [1.807, 2.05) is 0 Å². The Labute approximate surface area is 128 Å². The molecule has 1 aromatic rings. The molecule has 0 spiro atoms. The molecule has 0 heterocycles. The molecule has 0 heteroatoms. The summed E-state index contributed by atoms with van der Waals surface area (Å²) in [5.74, 6) is 0. The molecule has 0 aliphatic heterocycles. The van der Waals surface area contributed by atoms with Gasteiger partial charge < -0.3 is 0 Å². The van der Waals surface area contributed by atoms with E-state index in [4.69, 9.17) is 0 Å². The summed E-state index contributed by atoms with van der Waals surface area (Å²) in [5, 5.41) is 0. The maximum absolute atomic E-state index is 3.56. The molecule has 2 aliphatic rings. The van der Waals surface area contributed by atoms with Crippen LogP contribution in [0.5, 0.6) is 0 Å². The van der Waals surface area contributed by atoms with E-state index in [-0.39, 0.29) is 5.41 Å². The summed E-state index contributed by atoms with van der Waals surface area (Å²) < 4.78 is 0. The molecule has 2 aliphatic carbocycles. The summed E-state index contributed by atoms with van der Waals surface area (Å²) in [6.45, 7) is 11.5. The third-order valence-electron chi connectivity index (χ3n) is 5.25. The van der Waals surface area contributed by atoms with Crippen molar-refractivity contribution in [3.8, 4) is 0 Å². The second kappa shape index (κ2) is 4.87. The minimum absolute atomic E-state index is 0.117. The average Bonchev–Trinajstić information content (AvgIpc) is 2.99. The quantitative estimate of drug-likeness (QED) is 0.630. The van der Waals surface area contributed by atoms with E-state index in [9.17, 15) is 0 Å². The van der Waals surface area contributed by atoms with E-state index in [1.165, 1.54) is 39.0 Å². The molecular formula is C21H23. The van der Waals surface area contributed by atoms with Gasteiger partial charge in [0.2, 0.25) is 0 Å². The number of rotatable bonds is 2. The van der Waals surface area contributed by atoms with Crippen molar-refractivity contribution in [1.82, 2.24) is 0 Å². The monoisotopic (exact) mass is 275 g/mol. The fraction of sp³-hybridized carbons (Fsp3) is 0.333. The minimum atomic E-state index is 0.117. The molecule has 1 radical (unpaired) electrons. The summed E-state index contributed by atoms with van der Waals surface area (Å²) in [5.41, 5.74) is 9.94. The maximum atomic E-state index is 3.56. The molecule has 0 saturated carbocycles. The molecule has 0 atom stereocenters. The molecule has 0 bridgehead atoms. The predicted molar refractivity (Wildman–Crippen MR) is 90.6 cm³/mol. The Bertz CT molecular complexity index is 704. The first kappa shape index (κ1) is 14.1. The van der Waals surface area contributed by atoms with E-state index in [2.05, 4.69) is 77.1 Å². The largest absolute Gasteiger partial charge is 0.0719 e. The second-order valence-electron chi connectivity index (χ2n) is 6.61. The zero-order valence-corrected chi connectivity index (χ0v) is 13.7. The van der Waals surface area contributed by atoms with Crippen LogP contribution < -0.4 is 0 Å². The lowest BCUT2D eigenvalue weighted by Crippen LogP contribution is -2.15. The molecule has 0 N–H and O–H groups in total. The third-order valence-corrected chi connectivity index (χ3v) is 5.25. The predicted octanol–water partition coefficient (Wildman–Crippen LogP) is 5.90. The van der Waals surface area contributed by atoms with Gasteiger partial charge in [-0.25, -0.2) is 0 Å². The molecule has 0 fully saturated rings. The number of benzene rings is 1. The molecule has 21 heavy (non-hydrogen) atoms. The number of hydrogen-bond acceptors (Lipinski definition) is 0. The molecule has 0 aromatic heterocycles. The topological polar surface area (TPSA) is 0 Å². The van der Waals surface area contributed by atoms with Crippen LogP contribution in [0.1, 0.15) is 46.6 Å². The van der Waals surface area contributed by atoms with E-state index in [0.717, 1.165) is 6.42 Å². The first-order valence-corrected chi connectivity index (χ1v) is 7.71. The van der Waals surface area contributed by atoms with Gasteiger partial charge in [0.1, 0.15) is 0 Å². The van der Waals surface area contributed by atoms with Crippen LogP contribution >= 0.6 is 0 Å². The summed E-state index contributed by atoms with van der Waals surface area (Å²) in [7, 11) is 0. The first-order chi connectivity index (χ1) is 9.94. The van der Waals surface area contributed by atoms with Gasteiger partial charge >= 0.3 is 0 Å². The lowest BCUT2D eigenvalue weighted by molar-refractivity contribution is 0.557. The van der Waals surface area contributed by atoms with Crippen molar-refractivity contribution in [2.24, 2.45) is 5.41 Å². The zero-order chi connectivity index (χ0) is 15.2. The Hall–Kier alpha value is -1.82. The Kier molecular flexibility index (Phi) is 3.28. The van der Waals surface area contributed by atoms with Gasteiger partial charge in [-0.05, 0) is 66.7 Å². The van der Waals surface area contributed by atoms with Gasteiger partial charge in [0.25, 0.3) is 0 Å². The zero-order valence-electron chi connectivity index (χ0n) is 13.7. The van der Waals surface area contributed by atoms with Gasteiger partial charge in [0.05, 0.1) is 0 Å². The van der Waals surface area contributed by atoms with E-state index in [0.29, 0.717) is 0 Å². The fourth-order valence-electron chi connectivity index (χ4n) is 3.67. The van der Waals surface area contributed by atoms with Crippen LogP contribution in [-0.2, 0) is 0 Å². The molecule has 0 amide bonds. The van der Waals surface area contributed by atoms with Gasteiger partial charge in [-0.15, -0.1) is 0 Å². The van der Waals surface area contributed by atoms with Crippen molar-refractivity contribution in [1.29, 1.82) is 0 Å². The van der Waals surface area contributed by atoms with Crippen molar-refractivity contribution in [3.05, 3.63) is 75.9 Å². The Balaban J connectivity index is 2.09. The van der Waals surface area contributed by atoms with Gasteiger partial charge in [0, 0.05) is 5.41 Å². The highest BCUT2D eigenvalue weighted by molar-refractivity contribution is 5.86. The smallest absolute Gasteiger partial charge is 0.0117 e. The molecule has 0 unspecified atom stereocenters. The normalized spacial score (nSPS) is 21.0.